The van der Waals surface area contributed by atoms with Gasteiger partial charge in [-0.25, -0.2) is 4.79 Å². The van der Waals surface area contributed by atoms with Gasteiger partial charge in [0.2, 0.25) is 0 Å². The number of unbranched alkanes of at least 4 members (excludes halogenated alkanes) is 5. The first-order chi connectivity index (χ1) is 19.8. The molecule has 0 bridgehead atoms. The first kappa shape index (κ1) is 30.3. The van der Waals surface area contributed by atoms with E-state index in [1.54, 1.807) is 0 Å². The van der Waals surface area contributed by atoms with Gasteiger partial charge in [-0.05, 0) is 42.2 Å². The average molecular weight is 559 g/mol. The summed E-state index contributed by atoms with van der Waals surface area (Å²) in [6.07, 6.45) is 6.95. The van der Waals surface area contributed by atoms with E-state index in [2.05, 4.69) is 12.1 Å². The molecule has 1 unspecified atom stereocenters. The molecular formula is C35H44NO5+. The summed E-state index contributed by atoms with van der Waals surface area (Å²) in [7, 11) is 6.12. The molecule has 41 heavy (non-hydrogen) atoms. The topological polar surface area (TPSA) is 61.8 Å². The number of ether oxygens (including phenoxy) is 3. The molecule has 0 saturated heterocycles. The Morgan fingerprint density at radius 1 is 0.854 bits per heavy atom. The number of benzene rings is 3. The summed E-state index contributed by atoms with van der Waals surface area (Å²) in [6, 6.07) is 25.3. The second-order valence-corrected chi connectivity index (χ2v) is 11.8. The highest BCUT2D eigenvalue weighted by Crippen LogP contribution is 2.36. The molecule has 0 aliphatic carbocycles. The number of fused-ring (bicyclic) bond motifs is 1. The molecule has 3 aromatic carbocycles. The van der Waals surface area contributed by atoms with E-state index in [9.17, 15) is 9.59 Å². The molecule has 1 heterocycles. The van der Waals surface area contributed by atoms with E-state index in [1.807, 2.05) is 87.9 Å². The van der Waals surface area contributed by atoms with Crippen molar-refractivity contribution in [1.82, 2.24) is 0 Å². The molecule has 6 heteroatoms. The Hall–Kier alpha value is -3.64. The van der Waals surface area contributed by atoms with Crippen molar-refractivity contribution < 1.29 is 28.3 Å². The zero-order valence-electron chi connectivity index (χ0n) is 24.7. The maximum Gasteiger partial charge on any atom is 0.365 e. The molecule has 4 rings (SSSR count). The van der Waals surface area contributed by atoms with Crippen molar-refractivity contribution in [3.8, 4) is 11.5 Å². The molecule has 1 aliphatic heterocycles. The standard InChI is InChI=1S/C35H44NO5/c1-36(2,3)31(24-27-16-10-8-11-17-27)35(38)40-23-15-7-5-4-6-14-22-39-29-20-21-33-30(25-29)32(37)26-34(41-33)28-18-12-9-13-19-28/h8-13,16-21,25,31,34H,4-7,14-15,22-24,26H2,1-3H3/q+1/t31-,34?/m1/s1. The van der Waals surface area contributed by atoms with Crippen LogP contribution in [0.25, 0.3) is 0 Å². The number of carbonyl (C=O) groups excluding carboxylic acids is 2. The predicted octanol–water partition coefficient (Wildman–Crippen LogP) is 6.97. The van der Waals surface area contributed by atoms with E-state index in [0.717, 1.165) is 49.7 Å². The van der Waals surface area contributed by atoms with E-state index in [-0.39, 0.29) is 23.9 Å². The fourth-order valence-corrected chi connectivity index (χ4v) is 5.13. The summed E-state index contributed by atoms with van der Waals surface area (Å²) in [5.41, 5.74) is 2.76. The van der Waals surface area contributed by atoms with Crippen LogP contribution >= 0.6 is 0 Å². The quantitative estimate of drug-likeness (QED) is 0.114. The molecule has 0 saturated carbocycles. The molecular weight excluding hydrogens is 514 g/mol. The van der Waals surface area contributed by atoms with Crippen molar-refractivity contribution in [3.63, 3.8) is 0 Å². The second kappa shape index (κ2) is 14.8. The zero-order valence-corrected chi connectivity index (χ0v) is 24.7. The van der Waals surface area contributed by atoms with E-state index in [0.29, 0.717) is 47.6 Å². The number of nitrogens with zero attached hydrogens (tertiary/aromatic N) is 1. The molecule has 0 amide bonds. The molecule has 218 valence electrons. The van der Waals surface area contributed by atoms with Crippen molar-refractivity contribution >= 4 is 11.8 Å². The molecule has 1 aliphatic rings. The Kier molecular flexibility index (Phi) is 11.0. The highest BCUT2D eigenvalue weighted by molar-refractivity contribution is 6.00. The van der Waals surface area contributed by atoms with Gasteiger partial charge >= 0.3 is 5.97 Å². The third-order valence-electron chi connectivity index (χ3n) is 7.59. The van der Waals surface area contributed by atoms with Crippen molar-refractivity contribution in [2.45, 2.75) is 63.5 Å². The van der Waals surface area contributed by atoms with Crippen molar-refractivity contribution in [2.24, 2.45) is 0 Å². The van der Waals surface area contributed by atoms with Crippen LogP contribution in [0, 0.1) is 0 Å². The number of esters is 1. The third kappa shape index (κ3) is 9.19. The molecule has 0 radical (unpaired) electrons. The summed E-state index contributed by atoms with van der Waals surface area (Å²) in [6.45, 7) is 1.09. The van der Waals surface area contributed by atoms with E-state index in [4.69, 9.17) is 14.2 Å². The van der Waals surface area contributed by atoms with Crippen LogP contribution in [0.4, 0.5) is 0 Å². The van der Waals surface area contributed by atoms with Crippen LogP contribution in [0.5, 0.6) is 11.5 Å². The van der Waals surface area contributed by atoms with Gasteiger partial charge in [-0.2, -0.15) is 0 Å². The minimum absolute atomic E-state index is 0.0837. The van der Waals surface area contributed by atoms with Crippen LogP contribution in [0.1, 0.15) is 72.5 Å². The van der Waals surface area contributed by atoms with Gasteiger partial charge in [-0.3, -0.25) is 4.79 Å². The van der Waals surface area contributed by atoms with E-state index < -0.39 is 0 Å². The second-order valence-electron chi connectivity index (χ2n) is 11.8. The number of quaternary nitrogens is 1. The van der Waals surface area contributed by atoms with Gasteiger partial charge in [-0.15, -0.1) is 0 Å². The van der Waals surface area contributed by atoms with Crippen molar-refractivity contribution in [3.05, 3.63) is 95.6 Å². The Balaban J connectivity index is 1.08. The van der Waals surface area contributed by atoms with Gasteiger partial charge in [-0.1, -0.05) is 86.3 Å². The summed E-state index contributed by atoms with van der Waals surface area (Å²) in [5, 5.41) is 0. The largest absolute Gasteiger partial charge is 0.494 e. The van der Waals surface area contributed by atoms with E-state index >= 15 is 0 Å². The highest BCUT2D eigenvalue weighted by atomic mass is 16.5. The van der Waals surface area contributed by atoms with Crippen LogP contribution in [0.2, 0.25) is 0 Å². The van der Waals surface area contributed by atoms with Crippen LogP contribution in [0.15, 0.2) is 78.9 Å². The maximum atomic E-state index is 12.8. The Bertz CT molecular complexity index is 1250. The van der Waals surface area contributed by atoms with Gasteiger partial charge in [0, 0.05) is 6.42 Å². The van der Waals surface area contributed by atoms with Gasteiger partial charge < -0.3 is 18.7 Å². The number of hydrogen-bond acceptors (Lipinski definition) is 5. The van der Waals surface area contributed by atoms with Gasteiger partial charge in [0.1, 0.15) is 17.6 Å². The van der Waals surface area contributed by atoms with Crippen molar-refractivity contribution in [1.29, 1.82) is 0 Å². The molecule has 6 nitrogen and oxygen atoms in total. The number of rotatable bonds is 15. The fourth-order valence-electron chi connectivity index (χ4n) is 5.13. The van der Waals surface area contributed by atoms with Crippen LogP contribution in [0.3, 0.4) is 0 Å². The minimum atomic E-state index is -0.241. The lowest BCUT2D eigenvalue weighted by Crippen LogP contribution is -2.51. The molecule has 3 aromatic rings. The smallest absolute Gasteiger partial charge is 0.365 e. The van der Waals surface area contributed by atoms with Crippen LogP contribution < -0.4 is 9.47 Å². The van der Waals surface area contributed by atoms with Gasteiger partial charge in [0.15, 0.2) is 11.8 Å². The fraction of sp³-hybridized carbons (Fsp3) is 0.429. The average Bonchev–Trinajstić information content (AvgIpc) is 2.97. The lowest BCUT2D eigenvalue weighted by Gasteiger charge is -2.32. The zero-order chi connectivity index (χ0) is 29.1. The Morgan fingerprint density at radius 3 is 2.17 bits per heavy atom. The summed E-state index contributed by atoms with van der Waals surface area (Å²) < 4.78 is 18.2. The van der Waals surface area contributed by atoms with E-state index in [1.165, 1.54) is 0 Å². The monoisotopic (exact) mass is 558 g/mol. The molecule has 0 fully saturated rings. The summed E-state index contributed by atoms with van der Waals surface area (Å²) >= 11 is 0. The first-order valence-electron chi connectivity index (χ1n) is 14.8. The molecule has 0 aromatic heterocycles. The lowest BCUT2D eigenvalue weighted by atomic mass is 9.96. The number of Topliss-reactive ketones (excluding diaryl/α,β-unsaturated/α-hetero) is 1. The van der Waals surface area contributed by atoms with Gasteiger partial charge in [0.25, 0.3) is 0 Å². The number of likely N-dealkylation sites (N-methyl/N-ethyl adjacent to an activating group) is 1. The van der Waals surface area contributed by atoms with Crippen LogP contribution in [-0.4, -0.2) is 56.6 Å². The van der Waals surface area contributed by atoms with Crippen LogP contribution in [-0.2, 0) is 16.0 Å². The lowest BCUT2D eigenvalue weighted by molar-refractivity contribution is -0.887. The SMILES string of the molecule is C[N+](C)(C)[C@H](Cc1ccccc1)C(=O)OCCCCCCCCOc1ccc2c(c1)C(=O)CC(c1ccccc1)O2. The first-order valence-corrected chi connectivity index (χ1v) is 14.8. The number of carbonyl (C=O) groups is 2. The third-order valence-corrected chi connectivity index (χ3v) is 7.59. The van der Waals surface area contributed by atoms with Crippen molar-refractivity contribution in [2.75, 3.05) is 34.4 Å². The van der Waals surface area contributed by atoms with Gasteiger partial charge in [0.05, 0.1) is 46.3 Å². The molecule has 0 spiro atoms. The minimum Gasteiger partial charge on any atom is -0.494 e. The molecule has 2 atom stereocenters. The molecule has 0 N–H and O–H groups in total. The summed E-state index contributed by atoms with van der Waals surface area (Å²) in [5.74, 6) is 1.29. The summed E-state index contributed by atoms with van der Waals surface area (Å²) in [4.78, 5) is 25.6. The number of hydrogen-bond donors (Lipinski definition) is 0. The maximum absolute atomic E-state index is 12.8. The highest BCUT2D eigenvalue weighted by Gasteiger charge is 2.33. The Labute approximate surface area is 244 Å². The number of ketones is 1. The predicted molar refractivity (Wildman–Crippen MR) is 161 cm³/mol. The normalized spacial score (nSPS) is 15.5. The Morgan fingerprint density at radius 2 is 1.49 bits per heavy atom.